The van der Waals surface area contributed by atoms with Gasteiger partial charge in [-0.25, -0.2) is 9.97 Å². The predicted molar refractivity (Wildman–Crippen MR) is 97.0 cm³/mol. The van der Waals surface area contributed by atoms with Crippen molar-refractivity contribution < 1.29 is 4.79 Å². The highest BCUT2D eigenvalue weighted by molar-refractivity contribution is 7.80. The number of rotatable bonds is 3. The van der Waals surface area contributed by atoms with Crippen LogP contribution in [0.4, 0.5) is 0 Å². The molecule has 23 heavy (non-hydrogen) atoms. The molecule has 2 aromatic rings. The Morgan fingerprint density at radius 1 is 1.13 bits per heavy atom. The van der Waals surface area contributed by atoms with E-state index < -0.39 is 0 Å². The molecular formula is C18H25N3OS. The van der Waals surface area contributed by atoms with Gasteiger partial charge in [0.15, 0.2) is 0 Å². The van der Waals surface area contributed by atoms with Crippen molar-refractivity contribution in [1.29, 1.82) is 0 Å². The van der Waals surface area contributed by atoms with E-state index in [1.807, 2.05) is 45.9 Å². The Hall–Kier alpha value is -1.88. The van der Waals surface area contributed by atoms with Crippen LogP contribution in [-0.2, 0) is 0 Å². The summed E-state index contributed by atoms with van der Waals surface area (Å²) in [6.45, 7) is 9.98. The van der Waals surface area contributed by atoms with Gasteiger partial charge in [-0.1, -0.05) is 6.92 Å². The molecule has 1 aromatic heterocycles. The van der Waals surface area contributed by atoms with E-state index in [4.69, 9.17) is 0 Å². The number of nitrogens with one attached hydrogen (secondary N) is 1. The van der Waals surface area contributed by atoms with Crippen LogP contribution in [0.2, 0.25) is 0 Å². The van der Waals surface area contributed by atoms with Crippen molar-refractivity contribution in [3.8, 4) is 0 Å². The minimum Gasteiger partial charge on any atom is -0.347 e. The van der Waals surface area contributed by atoms with Crippen LogP contribution in [0.1, 0.15) is 48.9 Å². The van der Waals surface area contributed by atoms with Gasteiger partial charge < -0.3 is 5.32 Å². The van der Waals surface area contributed by atoms with Gasteiger partial charge in [-0.3, -0.25) is 4.79 Å². The Morgan fingerprint density at radius 2 is 1.65 bits per heavy atom. The molecule has 0 saturated heterocycles. The third-order valence-corrected chi connectivity index (χ3v) is 3.70. The molecule has 0 unspecified atom stereocenters. The fourth-order valence-electron chi connectivity index (χ4n) is 1.67. The number of nitrogens with zero attached hydrogens (tertiary/aromatic N) is 2. The van der Waals surface area contributed by atoms with Crippen molar-refractivity contribution in [1.82, 2.24) is 15.3 Å². The van der Waals surface area contributed by atoms with Crippen LogP contribution in [0, 0.1) is 13.8 Å². The Kier molecular flexibility index (Phi) is 7.23. The van der Waals surface area contributed by atoms with Crippen LogP contribution < -0.4 is 5.32 Å². The van der Waals surface area contributed by atoms with Gasteiger partial charge in [-0.15, -0.1) is 12.6 Å². The van der Waals surface area contributed by atoms with Gasteiger partial charge >= 0.3 is 0 Å². The van der Waals surface area contributed by atoms with Crippen molar-refractivity contribution in [2.24, 2.45) is 0 Å². The van der Waals surface area contributed by atoms with Gasteiger partial charge in [0.1, 0.15) is 6.33 Å². The molecular weight excluding hydrogens is 306 g/mol. The van der Waals surface area contributed by atoms with Crippen LogP contribution in [0.5, 0.6) is 0 Å². The number of carbonyl (C=O) groups is 1. The average Bonchev–Trinajstić information content (AvgIpc) is 2.48. The molecule has 0 aliphatic rings. The second-order valence-corrected chi connectivity index (χ2v) is 6.56. The first-order valence-electron chi connectivity index (χ1n) is 7.60. The highest BCUT2D eigenvalue weighted by Gasteiger charge is 2.18. The Morgan fingerprint density at radius 3 is 2.04 bits per heavy atom. The molecule has 0 radical (unpaired) electrons. The number of amides is 1. The summed E-state index contributed by atoms with van der Waals surface area (Å²) in [5.41, 5.74) is 2.57. The number of hydrogen-bond acceptors (Lipinski definition) is 4. The lowest BCUT2D eigenvalue weighted by Gasteiger charge is -2.24. The second-order valence-electron chi connectivity index (χ2n) is 6.04. The third kappa shape index (κ3) is 7.28. The standard InChI is InChI=1S/C12H17NOS.C6H8N2/c1-4-12(2,3)13-11(14)9-5-7-10(15)8-6-9;1-5-3-6(2)8-4-7-5/h5-8,15H,4H2,1-3H3,(H,13,14);3-4H,1-2H3. The van der Waals surface area contributed by atoms with E-state index >= 15 is 0 Å². The summed E-state index contributed by atoms with van der Waals surface area (Å²) in [6, 6.07) is 9.14. The first-order valence-corrected chi connectivity index (χ1v) is 8.05. The molecule has 0 fully saturated rings. The Bertz CT molecular complexity index is 622. The molecule has 0 atom stereocenters. The molecule has 2 rings (SSSR count). The van der Waals surface area contributed by atoms with Gasteiger partial charge in [-0.05, 0) is 64.4 Å². The van der Waals surface area contributed by atoms with Crippen molar-refractivity contribution in [2.45, 2.75) is 51.5 Å². The molecule has 1 amide bonds. The number of hydrogen-bond donors (Lipinski definition) is 2. The van der Waals surface area contributed by atoms with Gasteiger partial charge in [-0.2, -0.15) is 0 Å². The average molecular weight is 331 g/mol. The molecule has 1 heterocycles. The maximum atomic E-state index is 11.8. The van der Waals surface area contributed by atoms with E-state index in [0.717, 1.165) is 22.7 Å². The van der Waals surface area contributed by atoms with E-state index in [2.05, 4.69) is 34.8 Å². The van der Waals surface area contributed by atoms with Gasteiger partial charge in [0.25, 0.3) is 5.91 Å². The number of thiol groups is 1. The first kappa shape index (κ1) is 19.2. The summed E-state index contributed by atoms with van der Waals surface area (Å²) in [5, 5.41) is 2.98. The van der Waals surface area contributed by atoms with Gasteiger partial charge in [0.05, 0.1) is 0 Å². The summed E-state index contributed by atoms with van der Waals surface area (Å²) in [7, 11) is 0. The van der Waals surface area contributed by atoms with E-state index in [1.54, 1.807) is 18.5 Å². The summed E-state index contributed by atoms with van der Waals surface area (Å²) in [4.78, 5) is 20.5. The lowest BCUT2D eigenvalue weighted by Crippen LogP contribution is -2.42. The van der Waals surface area contributed by atoms with Gasteiger partial charge in [0.2, 0.25) is 0 Å². The molecule has 0 saturated carbocycles. The van der Waals surface area contributed by atoms with E-state index in [-0.39, 0.29) is 11.4 Å². The molecule has 0 spiro atoms. The molecule has 1 N–H and O–H groups in total. The fraction of sp³-hybridized carbons (Fsp3) is 0.389. The number of aryl methyl sites for hydroxylation is 2. The molecule has 0 aliphatic carbocycles. The molecule has 0 bridgehead atoms. The summed E-state index contributed by atoms with van der Waals surface area (Å²) in [6.07, 6.45) is 2.48. The monoisotopic (exact) mass is 331 g/mol. The van der Waals surface area contributed by atoms with E-state index in [1.165, 1.54) is 0 Å². The van der Waals surface area contributed by atoms with Crippen molar-refractivity contribution >= 4 is 18.5 Å². The van der Waals surface area contributed by atoms with E-state index in [0.29, 0.717) is 5.56 Å². The largest absolute Gasteiger partial charge is 0.347 e. The zero-order valence-electron chi connectivity index (χ0n) is 14.4. The summed E-state index contributed by atoms with van der Waals surface area (Å²) >= 11 is 4.17. The van der Waals surface area contributed by atoms with Crippen LogP contribution in [0.25, 0.3) is 0 Å². The first-order chi connectivity index (χ1) is 10.7. The summed E-state index contributed by atoms with van der Waals surface area (Å²) in [5.74, 6) is -0.0322. The molecule has 124 valence electrons. The minimum atomic E-state index is -0.156. The normalized spacial score (nSPS) is 10.5. The molecule has 5 heteroatoms. The molecule has 0 aliphatic heterocycles. The summed E-state index contributed by atoms with van der Waals surface area (Å²) < 4.78 is 0. The molecule has 4 nitrogen and oxygen atoms in total. The zero-order chi connectivity index (χ0) is 17.5. The molecule has 1 aromatic carbocycles. The van der Waals surface area contributed by atoms with Crippen LogP contribution in [0.15, 0.2) is 41.6 Å². The van der Waals surface area contributed by atoms with Crippen molar-refractivity contribution in [3.05, 3.63) is 53.6 Å². The number of benzene rings is 1. The maximum absolute atomic E-state index is 11.8. The van der Waals surface area contributed by atoms with Gasteiger partial charge in [0, 0.05) is 27.4 Å². The lowest BCUT2D eigenvalue weighted by molar-refractivity contribution is 0.0911. The Balaban J connectivity index is 0.000000277. The minimum absolute atomic E-state index is 0.0322. The number of aromatic nitrogens is 2. The maximum Gasteiger partial charge on any atom is 0.251 e. The highest BCUT2D eigenvalue weighted by Crippen LogP contribution is 2.11. The smallest absolute Gasteiger partial charge is 0.251 e. The zero-order valence-corrected chi connectivity index (χ0v) is 15.3. The lowest BCUT2D eigenvalue weighted by atomic mass is 10.0. The van der Waals surface area contributed by atoms with Crippen molar-refractivity contribution in [2.75, 3.05) is 0 Å². The predicted octanol–water partition coefficient (Wildman–Crippen LogP) is 3.99. The van der Waals surface area contributed by atoms with Crippen molar-refractivity contribution in [3.63, 3.8) is 0 Å². The van der Waals surface area contributed by atoms with E-state index in [9.17, 15) is 4.79 Å². The second kappa shape index (κ2) is 8.67. The Labute approximate surface area is 144 Å². The fourth-order valence-corrected chi connectivity index (χ4v) is 1.82. The topological polar surface area (TPSA) is 54.9 Å². The number of carbonyl (C=O) groups excluding carboxylic acids is 1. The third-order valence-electron chi connectivity index (χ3n) is 3.41. The quantitative estimate of drug-likeness (QED) is 0.836. The van der Waals surface area contributed by atoms with Crippen LogP contribution >= 0.6 is 12.6 Å². The SMILES string of the molecule is CCC(C)(C)NC(=O)c1ccc(S)cc1.Cc1cc(C)ncn1. The highest BCUT2D eigenvalue weighted by atomic mass is 32.1. The van der Waals surface area contributed by atoms with Crippen LogP contribution in [0.3, 0.4) is 0 Å². The van der Waals surface area contributed by atoms with Crippen LogP contribution in [-0.4, -0.2) is 21.4 Å².